The second kappa shape index (κ2) is 6.42. The van der Waals surface area contributed by atoms with Gasteiger partial charge >= 0.3 is 0 Å². The van der Waals surface area contributed by atoms with Crippen LogP contribution in [0.25, 0.3) is 0 Å². The van der Waals surface area contributed by atoms with Crippen LogP contribution in [-0.2, 0) is 22.7 Å². The van der Waals surface area contributed by atoms with E-state index in [1.54, 1.807) is 4.90 Å². The third-order valence-corrected chi connectivity index (χ3v) is 6.54. The number of carbonyl (C=O) groups excluding carboxylic acids is 3. The van der Waals surface area contributed by atoms with Gasteiger partial charge in [-0.25, -0.2) is 0 Å². The van der Waals surface area contributed by atoms with Gasteiger partial charge in [0.25, 0.3) is 5.91 Å². The fourth-order valence-electron chi connectivity index (χ4n) is 5.06. The molecule has 0 spiro atoms. The number of nitrogens with one attached hydrogen (secondary N) is 2. The molecule has 1 aromatic rings. The molecule has 0 aliphatic carbocycles. The molecule has 3 unspecified atom stereocenters. The Kier molecular flexibility index (Phi) is 4.02. The zero-order valence-corrected chi connectivity index (χ0v) is 15.2. The van der Waals surface area contributed by atoms with E-state index in [0.717, 1.165) is 48.8 Å². The minimum Gasteiger partial charge on any atom is -0.322 e. The highest BCUT2D eigenvalue weighted by atomic mass is 16.2. The quantitative estimate of drug-likeness (QED) is 0.747. The van der Waals surface area contributed by atoms with E-state index in [0.29, 0.717) is 19.0 Å². The third-order valence-electron chi connectivity index (χ3n) is 6.54. The van der Waals surface area contributed by atoms with Crippen LogP contribution in [0.15, 0.2) is 18.2 Å². The maximum absolute atomic E-state index is 13.1. The van der Waals surface area contributed by atoms with E-state index in [1.807, 2.05) is 18.2 Å². The predicted octanol–water partition coefficient (Wildman–Crippen LogP) is 0.241. The summed E-state index contributed by atoms with van der Waals surface area (Å²) in [7, 11) is 0. The molecule has 142 valence electrons. The van der Waals surface area contributed by atoms with Crippen LogP contribution in [0.2, 0.25) is 0 Å². The summed E-state index contributed by atoms with van der Waals surface area (Å²) in [6, 6.07) is 6.03. The number of piperidine rings is 2. The van der Waals surface area contributed by atoms with Crippen molar-refractivity contribution in [2.75, 3.05) is 19.6 Å². The highest BCUT2D eigenvalue weighted by Crippen LogP contribution is 2.34. The zero-order chi connectivity index (χ0) is 18.5. The highest BCUT2D eigenvalue weighted by molar-refractivity contribution is 6.05. The fourth-order valence-corrected chi connectivity index (χ4v) is 5.06. The Bertz CT molecular complexity index is 823. The average Bonchev–Trinajstić information content (AvgIpc) is 2.97. The Morgan fingerprint density at radius 3 is 2.85 bits per heavy atom. The van der Waals surface area contributed by atoms with Gasteiger partial charge in [-0.05, 0) is 36.4 Å². The molecule has 0 saturated carbocycles. The van der Waals surface area contributed by atoms with Crippen molar-refractivity contribution in [1.82, 2.24) is 20.4 Å². The van der Waals surface area contributed by atoms with Crippen molar-refractivity contribution in [2.24, 2.45) is 5.92 Å². The lowest BCUT2D eigenvalue weighted by Crippen LogP contribution is -2.62. The lowest BCUT2D eigenvalue weighted by molar-refractivity contribution is -0.136. The Morgan fingerprint density at radius 1 is 1.15 bits per heavy atom. The van der Waals surface area contributed by atoms with E-state index >= 15 is 0 Å². The van der Waals surface area contributed by atoms with E-state index in [9.17, 15) is 14.4 Å². The van der Waals surface area contributed by atoms with Gasteiger partial charge in [-0.1, -0.05) is 18.2 Å². The Morgan fingerprint density at radius 2 is 2.04 bits per heavy atom. The number of amides is 3. The minimum absolute atomic E-state index is 0.0751. The molecule has 0 bridgehead atoms. The van der Waals surface area contributed by atoms with Gasteiger partial charge in [-0.3, -0.25) is 24.6 Å². The Hall–Kier alpha value is -2.25. The van der Waals surface area contributed by atoms with E-state index in [2.05, 4.69) is 15.5 Å². The van der Waals surface area contributed by atoms with Crippen LogP contribution < -0.4 is 10.6 Å². The summed E-state index contributed by atoms with van der Waals surface area (Å²) < 4.78 is 0. The maximum Gasteiger partial charge on any atom is 0.255 e. The molecule has 1 aromatic carbocycles. The second-order valence-corrected chi connectivity index (χ2v) is 8.10. The number of benzene rings is 1. The topological polar surface area (TPSA) is 81.8 Å². The molecule has 3 atom stereocenters. The van der Waals surface area contributed by atoms with Crippen molar-refractivity contribution in [3.8, 4) is 0 Å². The lowest BCUT2D eigenvalue weighted by Gasteiger charge is -2.51. The van der Waals surface area contributed by atoms with Crippen LogP contribution in [0.4, 0.5) is 0 Å². The van der Waals surface area contributed by atoms with Gasteiger partial charge in [0.05, 0.1) is 0 Å². The summed E-state index contributed by atoms with van der Waals surface area (Å²) in [4.78, 5) is 40.9. The summed E-state index contributed by atoms with van der Waals surface area (Å²) in [6.07, 6.45) is 1.92. The van der Waals surface area contributed by atoms with E-state index in [1.165, 1.54) is 6.42 Å². The molecule has 4 aliphatic heterocycles. The average molecular weight is 368 g/mol. The standard InChI is InChI=1S/C20H24N4O3/c25-17-5-4-15(19(26)22-17)24-11-14-3-1-2-13(18(14)20(24)27)10-23-9-12-6-7-21-8-16(12)23/h1-3,12,15-16,21H,4-11H2,(H,22,25,26). The second-order valence-electron chi connectivity index (χ2n) is 8.10. The van der Waals surface area contributed by atoms with Gasteiger partial charge in [-0.2, -0.15) is 0 Å². The molecular weight excluding hydrogens is 344 g/mol. The van der Waals surface area contributed by atoms with Crippen LogP contribution in [0.5, 0.6) is 0 Å². The number of hydrogen-bond acceptors (Lipinski definition) is 5. The van der Waals surface area contributed by atoms with Gasteiger partial charge in [0.1, 0.15) is 6.04 Å². The number of nitrogens with zero attached hydrogens (tertiary/aromatic N) is 2. The van der Waals surface area contributed by atoms with Crippen LogP contribution >= 0.6 is 0 Å². The van der Waals surface area contributed by atoms with Crippen molar-refractivity contribution >= 4 is 17.7 Å². The molecule has 0 aromatic heterocycles. The maximum atomic E-state index is 13.1. The number of fused-ring (bicyclic) bond motifs is 2. The van der Waals surface area contributed by atoms with Crippen molar-refractivity contribution in [2.45, 2.75) is 44.4 Å². The van der Waals surface area contributed by atoms with Crippen LogP contribution in [-0.4, -0.2) is 59.2 Å². The number of imide groups is 1. The predicted molar refractivity (Wildman–Crippen MR) is 97.7 cm³/mol. The number of hydrogen-bond donors (Lipinski definition) is 2. The van der Waals surface area contributed by atoms with Gasteiger partial charge in [-0.15, -0.1) is 0 Å². The summed E-state index contributed by atoms with van der Waals surface area (Å²) >= 11 is 0. The first kappa shape index (κ1) is 16.9. The Balaban J connectivity index is 1.35. The van der Waals surface area contributed by atoms with E-state index in [4.69, 9.17) is 0 Å². The summed E-state index contributed by atoms with van der Waals surface area (Å²) in [5.74, 6) is 0.0926. The highest BCUT2D eigenvalue weighted by Gasteiger charge is 2.42. The SMILES string of the molecule is O=C1CCC(N2Cc3cccc(CN4CC5CCNCC54)c3C2=O)C(=O)N1. The van der Waals surface area contributed by atoms with Crippen molar-refractivity contribution < 1.29 is 14.4 Å². The van der Waals surface area contributed by atoms with E-state index < -0.39 is 6.04 Å². The summed E-state index contributed by atoms with van der Waals surface area (Å²) in [5.41, 5.74) is 2.80. The van der Waals surface area contributed by atoms with Gasteiger partial charge in [0.2, 0.25) is 11.8 Å². The molecule has 5 rings (SSSR count). The number of likely N-dealkylation sites (tertiary alicyclic amines) is 1. The summed E-state index contributed by atoms with van der Waals surface area (Å²) in [5, 5.41) is 5.83. The molecular formula is C20H24N4O3. The van der Waals surface area contributed by atoms with Crippen LogP contribution in [0, 0.1) is 5.92 Å². The first-order valence-corrected chi connectivity index (χ1v) is 9.82. The van der Waals surface area contributed by atoms with Crippen LogP contribution in [0.1, 0.15) is 40.7 Å². The first-order chi connectivity index (χ1) is 13.1. The Labute approximate surface area is 158 Å². The van der Waals surface area contributed by atoms with Crippen LogP contribution in [0.3, 0.4) is 0 Å². The molecule has 0 radical (unpaired) electrons. The normalized spacial score (nSPS) is 30.6. The number of carbonyl (C=O) groups is 3. The molecule has 3 fully saturated rings. The summed E-state index contributed by atoms with van der Waals surface area (Å²) in [6.45, 7) is 4.45. The molecule has 3 saturated heterocycles. The third kappa shape index (κ3) is 2.76. The van der Waals surface area contributed by atoms with Crippen molar-refractivity contribution in [3.05, 3.63) is 34.9 Å². The van der Waals surface area contributed by atoms with Gasteiger partial charge in [0.15, 0.2) is 0 Å². The zero-order valence-electron chi connectivity index (χ0n) is 15.2. The molecule has 7 nitrogen and oxygen atoms in total. The van der Waals surface area contributed by atoms with Crippen molar-refractivity contribution in [1.29, 1.82) is 0 Å². The number of rotatable bonds is 3. The molecule has 3 amide bonds. The largest absolute Gasteiger partial charge is 0.322 e. The van der Waals surface area contributed by atoms with Crippen molar-refractivity contribution in [3.63, 3.8) is 0 Å². The molecule has 4 aliphatic rings. The first-order valence-electron chi connectivity index (χ1n) is 9.82. The van der Waals surface area contributed by atoms with Gasteiger partial charge < -0.3 is 10.2 Å². The molecule has 4 heterocycles. The molecule has 27 heavy (non-hydrogen) atoms. The molecule has 7 heteroatoms. The lowest BCUT2D eigenvalue weighted by atomic mass is 9.82. The monoisotopic (exact) mass is 368 g/mol. The fraction of sp³-hybridized carbons (Fsp3) is 0.550. The van der Waals surface area contributed by atoms with E-state index in [-0.39, 0.29) is 24.1 Å². The minimum atomic E-state index is -0.550. The molecule has 2 N–H and O–H groups in total. The smallest absolute Gasteiger partial charge is 0.255 e. The van der Waals surface area contributed by atoms with Gasteiger partial charge in [0, 0.05) is 44.2 Å².